The van der Waals surface area contributed by atoms with E-state index in [1.807, 2.05) is 6.07 Å². The highest BCUT2D eigenvalue weighted by atomic mass is 19.1. The van der Waals surface area contributed by atoms with Crippen LogP contribution in [0.25, 0.3) is 0 Å². The third kappa shape index (κ3) is 3.80. The van der Waals surface area contributed by atoms with Crippen LogP contribution in [0.15, 0.2) is 24.3 Å². The highest BCUT2D eigenvalue weighted by molar-refractivity contribution is 5.15. The van der Waals surface area contributed by atoms with Crippen LogP contribution in [0.5, 0.6) is 0 Å². The average Bonchev–Trinajstić information content (AvgIpc) is 2.45. The van der Waals surface area contributed by atoms with E-state index in [2.05, 4.69) is 13.8 Å². The van der Waals surface area contributed by atoms with Crippen molar-refractivity contribution in [3.63, 3.8) is 0 Å². The summed E-state index contributed by atoms with van der Waals surface area (Å²) in [5.41, 5.74) is 6.62. The highest BCUT2D eigenvalue weighted by Crippen LogP contribution is 2.38. The molecule has 0 unspecified atom stereocenters. The Labute approximate surface area is 121 Å². The third-order valence-electron chi connectivity index (χ3n) is 4.69. The van der Waals surface area contributed by atoms with Crippen LogP contribution in [-0.4, -0.2) is 12.1 Å². The van der Waals surface area contributed by atoms with Crippen LogP contribution >= 0.6 is 0 Å². The number of hydrogen-bond donors (Lipinski definition) is 1. The van der Waals surface area contributed by atoms with E-state index in [1.54, 1.807) is 6.07 Å². The average molecular weight is 279 g/mol. The molecule has 1 fully saturated rings. The molecule has 0 atom stereocenters. The summed E-state index contributed by atoms with van der Waals surface area (Å²) in [6.07, 6.45) is 4.39. The molecule has 0 radical (unpaired) electrons. The Morgan fingerprint density at radius 2 is 2.05 bits per heavy atom. The number of ether oxygens (including phenoxy) is 1. The first-order valence-electron chi connectivity index (χ1n) is 7.63. The standard InChI is InChI=1S/C17H26FNO/c1-13(2)15-6-8-17(12-19,9-7-15)20-11-14-4-3-5-16(18)10-14/h3-5,10,13,15H,6-9,11-12,19H2,1-2H3. The monoisotopic (exact) mass is 279 g/mol. The van der Waals surface area contributed by atoms with Gasteiger partial charge in [-0.1, -0.05) is 26.0 Å². The molecular formula is C17H26FNO. The van der Waals surface area contributed by atoms with Gasteiger partial charge in [-0.15, -0.1) is 0 Å². The summed E-state index contributed by atoms with van der Waals surface area (Å²) in [5.74, 6) is 1.30. The second-order valence-corrected chi connectivity index (χ2v) is 6.39. The molecule has 0 bridgehead atoms. The van der Waals surface area contributed by atoms with Crippen molar-refractivity contribution in [2.24, 2.45) is 17.6 Å². The molecule has 112 valence electrons. The number of hydrogen-bond acceptors (Lipinski definition) is 2. The second-order valence-electron chi connectivity index (χ2n) is 6.39. The van der Waals surface area contributed by atoms with Crippen LogP contribution in [-0.2, 0) is 11.3 Å². The second kappa shape index (κ2) is 6.68. The zero-order valence-electron chi connectivity index (χ0n) is 12.6. The molecule has 1 aromatic carbocycles. The lowest BCUT2D eigenvalue weighted by atomic mass is 9.74. The van der Waals surface area contributed by atoms with Gasteiger partial charge in [0.25, 0.3) is 0 Å². The van der Waals surface area contributed by atoms with E-state index in [1.165, 1.54) is 25.0 Å². The Morgan fingerprint density at radius 3 is 2.60 bits per heavy atom. The maximum absolute atomic E-state index is 13.2. The molecule has 0 spiro atoms. The largest absolute Gasteiger partial charge is 0.369 e. The van der Waals surface area contributed by atoms with Crippen molar-refractivity contribution in [3.8, 4) is 0 Å². The van der Waals surface area contributed by atoms with Gasteiger partial charge in [-0.3, -0.25) is 0 Å². The van der Waals surface area contributed by atoms with Crippen molar-refractivity contribution in [2.75, 3.05) is 6.54 Å². The maximum atomic E-state index is 13.2. The van der Waals surface area contributed by atoms with Gasteiger partial charge < -0.3 is 10.5 Å². The Bertz CT molecular complexity index is 425. The fourth-order valence-corrected chi connectivity index (χ4v) is 3.10. The highest BCUT2D eigenvalue weighted by Gasteiger charge is 2.35. The van der Waals surface area contributed by atoms with Crippen LogP contribution in [0, 0.1) is 17.7 Å². The molecule has 3 heteroatoms. The summed E-state index contributed by atoms with van der Waals surface area (Å²) in [5, 5.41) is 0. The molecule has 0 aromatic heterocycles. The molecule has 0 heterocycles. The summed E-state index contributed by atoms with van der Waals surface area (Å²) in [4.78, 5) is 0. The Kier molecular flexibility index (Phi) is 5.17. The van der Waals surface area contributed by atoms with E-state index in [4.69, 9.17) is 10.5 Å². The van der Waals surface area contributed by atoms with Crippen LogP contribution in [0.4, 0.5) is 4.39 Å². The van der Waals surface area contributed by atoms with Crippen LogP contribution in [0.1, 0.15) is 45.1 Å². The first-order valence-corrected chi connectivity index (χ1v) is 7.63. The SMILES string of the molecule is CC(C)C1CCC(CN)(OCc2cccc(F)c2)CC1. The van der Waals surface area contributed by atoms with Gasteiger partial charge in [0.15, 0.2) is 0 Å². The predicted octanol–water partition coefficient (Wildman–Crippen LogP) is 3.89. The summed E-state index contributed by atoms with van der Waals surface area (Å²) >= 11 is 0. The topological polar surface area (TPSA) is 35.2 Å². The lowest BCUT2D eigenvalue weighted by molar-refractivity contribution is -0.0841. The molecule has 1 aromatic rings. The van der Waals surface area contributed by atoms with Gasteiger partial charge in [0, 0.05) is 6.54 Å². The van der Waals surface area contributed by atoms with Crippen molar-refractivity contribution >= 4 is 0 Å². The minimum atomic E-state index is -0.212. The van der Waals surface area contributed by atoms with E-state index >= 15 is 0 Å². The van der Waals surface area contributed by atoms with Gasteiger partial charge in [0.05, 0.1) is 12.2 Å². The van der Waals surface area contributed by atoms with Crippen LogP contribution in [0.2, 0.25) is 0 Å². The van der Waals surface area contributed by atoms with Gasteiger partial charge in [0.2, 0.25) is 0 Å². The van der Waals surface area contributed by atoms with Gasteiger partial charge in [0.1, 0.15) is 5.82 Å². The van der Waals surface area contributed by atoms with Crippen molar-refractivity contribution < 1.29 is 9.13 Å². The number of rotatable bonds is 5. The molecule has 0 aliphatic heterocycles. The fraction of sp³-hybridized carbons (Fsp3) is 0.647. The Balaban J connectivity index is 1.92. The minimum absolute atomic E-state index is 0.211. The molecule has 2 nitrogen and oxygen atoms in total. The Hall–Kier alpha value is -0.930. The quantitative estimate of drug-likeness (QED) is 0.887. The van der Waals surface area contributed by atoms with Gasteiger partial charge >= 0.3 is 0 Å². The van der Waals surface area contributed by atoms with Crippen molar-refractivity contribution in [2.45, 2.75) is 51.7 Å². The summed E-state index contributed by atoms with van der Waals surface area (Å²) in [7, 11) is 0. The summed E-state index contributed by atoms with van der Waals surface area (Å²) in [6, 6.07) is 6.60. The van der Waals surface area contributed by atoms with Crippen LogP contribution in [0.3, 0.4) is 0 Å². The number of nitrogens with two attached hydrogens (primary N) is 1. The first kappa shape index (κ1) is 15.5. The van der Waals surface area contributed by atoms with E-state index in [9.17, 15) is 4.39 Å². The minimum Gasteiger partial charge on any atom is -0.369 e. The number of benzene rings is 1. The zero-order chi connectivity index (χ0) is 14.6. The lowest BCUT2D eigenvalue weighted by Gasteiger charge is -2.40. The first-order chi connectivity index (χ1) is 9.54. The van der Waals surface area contributed by atoms with Crippen LogP contribution < -0.4 is 5.73 Å². The van der Waals surface area contributed by atoms with Crippen molar-refractivity contribution in [3.05, 3.63) is 35.6 Å². The van der Waals surface area contributed by atoms with E-state index in [0.717, 1.165) is 30.2 Å². The van der Waals surface area contributed by atoms with Gasteiger partial charge in [-0.05, 0) is 55.2 Å². The molecule has 1 aliphatic carbocycles. The molecule has 0 saturated heterocycles. The van der Waals surface area contributed by atoms with Crippen molar-refractivity contribution in [1.82, 2.24) is 0 Å². The van der Waals surface area contributed by atoms with Gasteiger partial charge in [-0.2, -0.15) is 0 Å². The molecule has 1 aliphatic rings. The Morgan fingerprint density at radius 1 is 1.35 bits per heavy atom. The maximum Gasteiger partial charge on any atom is 0.123 e. The molecule has 0 amide bonds. The van der Waals surface area contributed by atoms with Crippen molar-refractivity contribution in [1.29, 1.82) is 0 Å². The van der Waals surface area contributed by atoms with E-state index in [-0.39, 0.29) is 11.4 Å². The smallest absolute Gasteiger partial charge is 0.123 e. The molecule has 1 saturated carbocycles. The number of halogens is 1. The third-order valence-corrected chi connectivity index (χ3v) is 4.69. The zero-order valence-corrected chi connectivity index (χ0v) is 12.6. The molecular weight excluding hydrogens is 253 g/mol. The van der Waals surface area contributed by atoms with Gasteiger partial charge in [-0.25, -0.2) is 4.39 Å². The normalized spacial score (nSPS) is 26.9. The van der Waals surface area contributed by atoms with E-state index in [0.29, 0.717) is 13.2 Å². The van der Waals surface area contributed by atoms with E-state index < -0.39 is 0 Å². The fourth-order valence-electron chi connectivity index (χ4n) is 3.10. The predicted molar refractivity (Wildman–Crippen MR) is 79.8 cm³/mol. The molecule has 2 rings (SSSR count). The molecule has 20 heavy (non-hydrogen) atoms. The molecule has 2 N–H and O–H groups in total. The summed E-state index contributed by atoms with van der Waals surface area (Å²) < 4.78 is 19.3. The lowest BCUT2D eigenvalue weighted by Crippen LogP contribution is -2.44. The summed E-state index contributed by atoms with van der Waals surface area (Å²) in [6.45, 7) is 5.57.